The summed E-state index contributed by atoms with van der Waals surface area (Å²) in [5.41, 5.74) is 0. The highest BCUT2D eigenvalue weighted by molar-refractivity contribution is 9.09. The van der Waals surface area contributed by atoms with Gasteiger partial charge in [-0.15, -0.1) is 0 Å². The molecular formula is C5H7BrO2S. The van der Waals surface area contributed by atoms with E-state index >= 15 is 0 Å². The van der Waals surface area contributed by atoms with E-state index in [9.17, 15) is 8.42 Å². The van der Waals surface area contributed by atoms with Gasteiger partial charge in [0.1, 0.15) is 0 Å². The summed E-state index contributed by atoms with van der Waals surface area (Å²) >= 11 is 3.34. The molecule has 4 heteroatoms. The highest BCUT2D eigenvalue weighted by Gasteiger charge is 2.57. The van der Waals surface area contributed by atoms with Crippen LogP contribution in [-0.2, 0) is 9.84 Å². The van der Waals surface area contributed by atoms with Crippen LogP contribution < -0.4 is 0 Å². The number of fused-ring (bicyclic) bond motifs is 1. The summed E-state index contributed by atoms with van der Waals surface area (Å²) in [6.07, 6.45) is 1.74. The zero-order valence-corrected chi connectivity index (χ0v) is 7.15. The van der Waals surface area contributed by atoms with Crippen molar-refractivity contribution in [3.8, 4) is 0 Å². The molecule has 0 amide bonds. The lowest BCUT2D eigenvalue weighted by atomic mass is 10.3. The summed E-state index contributed by atoms with van der Waals surface area (Å²) in [6.45, 7) is 0. The van der Waals surface area contributed by atoms with E-state index in [-0.39, 0.29) is 15.3 Å². The molecule has 9 heavy (non-hydrogen) atoms. The SMILES string of the molecule is O=S1(=O)[C@H]2C[C@@H]1[C@@H](Br)C2. The Morgan fingerprint density at radius 1 is 1.33 bits per heavy atom. The van der Waals surface area contributed by atoms with Gasteiger partial charge in [-0.3, -0.25) is 0 Å². The molecule has 0 spiro atoms. The van der Waals surface area contributed by atoms with E-state index in [1.165, 1.54) is 0 Å². The van der Waals surface area contributed by atoms with Crippen LogP contribution in [-0.4, -0.2) is 23.7 Å². The van der Waals surface area contributed by atoms with E-state index in [1.54, 1.807) is 0 Å². The van der Waals surface area contributed by atoms with Crippen molar-refractivity contribution in [1.82, 2.24) is 0 Å². The van der Waals surface area contributed by atoms with Gasteiger partial charge in [0.25, 0.3) is 0 Å². The Kier molecular flexibility index (Phi) is 1.05. The van der Waals surface area contributed by atoms with Gasteiger partial charge < -0.3 is 0 Å². The van der Waals surface area contributed by atoms with Gasteiger partial charge in [-0.2, -0.15) is 0 Å². The molecule has 2 heterocycles. The van der Waals surface area contributed by atoms with E-state index in [1.807, 2.05) is 0 Å². The molecule has 0 aromatic rings. The smallest absolute Gasteiger partial charge is 0.157 e. The molecule has 3 aliphatic rings. The second kappa shape index (κ2) is 1.53. The number of rotatable bonds is 0. The van der Waals surface area contributed by atoms with Gasteiger partial charge in [0.15, 0.2) is 9.84 Å². The average molecular weight is 211 g/mol. The molecule has 3 atom stereocenters. The lowest BCUT2D eigenvalue weighted by Crippen LogP contribution is -2.38. The third-order valence-electron chi connectivity index (χ3n) is 2.27. The minimum absolute atomic E-state index is 0.00637. The average Bonchev–Trinajstić information content (AvgIpc) is 2.20. The first-order valence-electron chi connectivity index (χ1n) is 2.99. The van der Waals surface area contributed by atoms with E-state index in [4.69, 9.17) is 0 Å². The fourth-order valence-corrected chi connectivity index (χ4v) is 5.57. The topological polar surface area (TPSA) is 34.1 Å². The zero-order chi connectivity index (χ0) is 6.65. The van der Waals surface area contributed by atoms with E-state index in [2.05, 4.69) is 15.9 Å². The summed E-state index contributed by atoms with van der Waals surface area (Å²) in [5.74, 6) is 0. The summed E-state index contributed by atoms with van der Waals surface area (Å²) in [4.78, 5) is 0.257. The van der Waals surface area contributed by atoms with E-state index < -0.39 is 9.84 Å². The van der Waals surface area contributed by atoms with Crippen molar-refractivity contribution in [2.24, 2.45) is 0 Å². The van der Waals surface area contributed by atoms with Crippen LogP contribution in [0, 0.1) is 0 Å². The molecule has 3 fully saturated rings. The first-order valence-corrected chi connectivity index (χ1v) is 5.51. The van der Waals surface area contributed by atoms with Gasteiger partial charge in [-0.25, -0.2) is 8.42 Å². The predicted molar refractivity (Wildman–Crippen MR) is 38.4 cm³/mol. The molecule has 0 radical (unpaired) electrons. The number of halogens is 1. The Labute approximate surface area is 62.7 Å². The number of sulfone groups is 1. The van der Waals surface area contributed by atoms with Crippen LogP contribution in [0.25, 0.3) is 0 Å². The summed E-state index contributed by atoms with van der Waals surface area (Å²) in [7, 11) is -2.62. The normalized spacial score (nSPS) is 52.8. The molecule has 0 N–H and O–H groups in total. The Hall–Kier alpha value is 0.430. The minimum atomic E-state index is -2.62. The van der Waals surface area contributed by atoms with Gasteiger partial charge in [0, 0.05) is 4.83 Å². The maximum Gasteiger partial charge on any atom is 0.157 e. The van der Waals surface area contributed by atoms with Crippen molar-refractivity contribution in [3.63, 3.8) is 0 Å². The van der Waals surface area contributed by atoms with Crippen LogP contribution in [0.1, 0.15) is 12.8 Å². The Balaban J connectivity index is 2.43. The van der Waals surface area contributed by atoms with Crippen molar-refractivity contribution in [2.75, 3.05) is 0 Å². The summed E-state index contributed by atoms with van der Waals surface area (Å²) in [6, 6.07) is 0. The molecule has 0 aromatic carbocycles. The van der Waals surface area contributed by atoms with Gasteiger partial charge in [0.2, 0.25) is 0 Å². The standard InChI is InChI=1S/C5H7BrO2S/c6-4-1-3-2-5(4)9(3,7)8/h3-5H,1-2H2/t3-,4+,5-/m1/s1. The molecule has 1 aliphatic carbocycles. The maximum absolute atomic E-state index is 11.0. The van der Waals surface area contributed by atoms with Crippen molar-refractivity contribution >= 4 is 25.8 Å². The lowest BCUT2D eigenvalue weighted by molar-refractivity contribution is 0.551. The maximum atomic E-state index is 11.0. The first kappa shape index (κ1) is 6.16. The molecule has 52 valence electrons. The molecule has 2 bridgehead atoms. The highest BCUT2D eigenvalue weighted by atomic mass is 79.9. The zero-order valence-electron chi connectivity index (χ0n) is 4.75. The largest absolute Gasteiger partial charge is 0.228 e. The fraction of sp³-hybridized carbons (Fsp3) is 1.00. The molecule has 3 rings (SSSR count). The van der Waals surface area contributed by atoms with E-state index in [0.717, 1.165) is 12.8 Å². The number of hydrogen-bond acceptors (Lipinski definition) is 2. The Morgan fingerprint density at radius 2 is 2.00 bits per heavy atom. The molecule has 2 saturated heterocycles. The first-order chi connectivity index (χ1) is 4.12. The van der Waals surface area contributed by atoms with Gasteiger partial charge in [-0.05, 0) is 12.8 Å². The van der Waals surface area contributed by atoms with Crippen LogP contribution in [0.5, 0.6) is 0 Å². The Bertz CT molecular complexity index is 233. The molecule has 2 aliphatic heterocycles. The third kappa shape index (κ3) is 0.584. The second-order valence-electron chi connectivity index (χ2n) is 2.74. The predicted octanol–water partition coefficient (Wildman–Crippen LogP) is 0.709. The Morgan fingerprint density at radius 3 is 2.11 bits per heavy atom. The highest BCUT2D eigenvalue weighted by Crippen LogP contribution is 2.46. The van der Waals surface area contributed by atoms with E-state index in [0.29, 0.717) is 0 Å². The summed E-state index contributed by atoms with van der Waals surface area (Å²) < 4.78 is 22.0. The monoisotopic (exact) mass is 210 g/mol. The molecule has 0 unspecified atom stereocenters. The third-order valence-corrected chi connectivity index (χ3v) is 6.31. The van der Waals surface area contributed by atoms with Gasteiger partial charge in [-0.1, -0.05) is 15.9 Å². The van der Waals surface area contributed by atoms with Gasteiger partial charge >= 0.3 is 0 Å². The van der Waals surface area contributed by atoms with Crippen LogP contribution in [0.4, 0.5) is 0 Å². The number of alkyl halides is 1. The van der Waals surface area contributed by atoms with Crippen LogP contribution in [0.15, 0.2) is 0 Å². The number of hydrogen-bond donors (Lipinski definition) is 0. The molecule has 0 aromatic heterocycles. The minimum Gasteiger partial charge on any atom is -0.228 e. The molecule has 2 nitrogen and oxygen atoms in total. The van der Waals surface area contributed by atoms with Crippen LogP contribution >= 0.6 is 15.9 Å². The quantitative estimate of drug-likeness (QED) is 0.553. The fourth-order valence-electron chi connectivity index (χ4n) is 1.64. The van der Waals surface area contributed by atoms with Crippen LogP contribution in [0.2, 0.25) is 0 Å². The second-order valence-corrected chi connectivity index (χ2v) is 6.36. The molecular weight excluding hydrogens is 204 g/mol. The molecule has 1 saturated carbocycles. The van der Waals surface area contributed by atoms with Crippen molar-refractivity contribution in [3.05, 3.63) is 0 Å². The summed E-state index contributed by atoms with van der Waals surface area (Å²) in [5, 5.41) is -0.0330. The van der Waals surface area contributed by atoms with Crippen molar-refractivity contribution in [2.45, 2.75) is 28.2 Å². The van der Waals surface area contributed by atoms with Gasteiger partial charge in [0.05, 0.1) is 10.5 Å². The van der Waals surface area contributed by atoms with Crippen LogP contribution in [0.3, 0.4) is 0 Å². The van der Waals surface area contributed by atoms with Crippen molar-refractivity contribution in [1.29, 1.82) is 0 Å². The van der Waals surface area contributed by atoms with Crippen molar-refractivity contribution < 1.29 is 8.42 Å². The lowest BCUT2D eigenvalue weighted by Gasteiger charge is -2.23.